The fraction of sp³-hybridized carbons (Fsp3) is 0.150. The topological polar surface area (TPSA) is 17.3 Å². The number of nitrogens with zero attached hydrogens (tertiary/aromatic N) is 2. The van der Waals surface area contributed by atoms with Crippen molar-refractivity contribution in [2.75, 3.05) is 0 Å². The lowest BCUT2D eigenvalue weighted by Crippen LogP contribution is -2.14. The summed E-state index contributed by atoms with van der Waals surface area (Å²) < 4.78 is 2.21. The number of rotatable bonds is 4. The van der Waals surface area contributed by atoms with Gasteiger partial charge < -0.3 is 4.57 Å². The van der Waals surface area contributed by atoms with Crippen molar-refractivity contribution in [3.8, 4) is 11.3 Å². The Morgan fingerprint density at radius 1 is 1.13 bits per heavy atom. The van der Waals surface area contributed by atoms with Gasteiger partial charge in [0, 0.05) is 11.9 Å². The molecular weight excluding hydrogens is 300 g/mol. The summed E-state index contributed by atoms with van der Waals surface area (Å²) in [6, 6.07) is 16.8. The number of aryl methyl sites for hydroxylation is 2. The lowest BCUT2D eigenvalue weighted by Gasteiger charge is -2.07. The van der Waals surface area contributed by atoms with Gasteiger partial charge in [-0.25, -0.2) is 4.99 Å². The molecular formula is C20H20N2S. The zero-order chi connectivity index (χ0) is 16.2. The van der Waals surface area contributed by atoms with Crippen LogP contribution in [-0.2, 0) is 6.54 Å². The highest BCUT2D eigenvalue weighted by Crippen LogP contribution is 2.22. The van der Waals surface area contributed by atoms with Gasteiger partial charge in [0.25, 0.3) is 0 Å². The molecule has 0 spiro atoms. The second kappa shape index (κ2) is 6.80. The standard InChI is InChI=1S/C20H20N2S/c1-4-12-22-19(17-8-6-5-7-9-17)14-23-20(22)21-18-11-10-15(2)13-16(18)3/h4-11,13-14H,1,12H2,2-3H3. The van der Waals surface area contributed by atoms with Gasteiger partial charge in [0.1, 0.15) is 0 Å². The van der Waals surface area contributed by atoms with Crippen LogP contribution in [0.1, 0.15) is 11.1 Å². The first kappa shape index (κ1) is 15.5. The van der Waals surface area contributed by atoms with Gasteiger partial charge in [-0.05, 0) is 31.0 Å². The molecule has 0 atom stereocenters. The molecule has 0 aliphatic rings. The molecule has 1 heterocycles. The molecule has 3 aromatic rings. The molecule has 3 heteroatoms. The van der Waals surface area contributed by atoms with Crippen LogP contribution in [0.3, 0.4) is 0 Å². The Hall–Kier alpha value is -2.39. The minimum absolute atomic E-state index is 0.747. The quantitative estimate of drug-likeness (QED) is 0.584. The Morgan fingerprint density at radius 3 is 2.61 bits per heavy atom. The molecule has 23 heavy (non-hydrogen) atoms. The smallest absolute Gasteiger partial charge is 0.190 e. The Balaban J connectivity index is 2.15. The van der Waals surface area contributed by atoms with E-state index in [9.17, 15) is 0 Å². The predicted octanol–water partition coefficient (Wildman–Crippen LogP) is 5.25. The number of benzene rings is 2. The third-order valence-corrected chi connectivity index (χ3v) is 4.61. The summed E-state index contributed by atoms with van der Waals surface area (Å²) in [5, 5.41) is 2.17. The van der Waals surface area contributed by atoms with Gasteiger partial charge in [0.2, 0.25) is 0 Å². The average molecular weight is 320 g/mol. The molecule has 0 N–H and O–H groups in total. The largest absolute Gasteiger partial charge is 0.313 e. The molecule has 0 amide bonds. The van der Waals surface area contributed by atoms with E-state index < -0.39 is 0 Å². The Kier molecular flexibility index (Phi) is 4.58. The van der Waals surface area contributed by atoms with Gasteiger partial charge in [0.05, 0.1) is 11.4 Å². The van der Waals surface area contributed by atoms with E-state index in [2.05, 4.69) is 72.8 Å². The van der Waals surface area contributed by atoms with E-state index in [1.165, 1.54) is 22.4 Å². The van der Waals surface area contributed by atoms with Crippen LogP contribution in [0.15, 0.2) is 71.6 Å². The Morgan fingerprint density at radius 2 is 1.91 bits per heavy atom. The molecule has 0 fully saturated rings. The van der Waals surface area contributed by atoms with Gasteiger partial charge >= 0.3 is 0 Å². The minimum Gasteiger partial charge on any atom is -0.313 e. The van der Waals surface area contributed by atoms with Crippen LogP contribution in [0.2, 0.25) is 0 Å². The fourth-order valence-electron chi connectivity index (χ4n) is 2.60. The molecule has 3 rings (SSSR count). The first-order chi connectivity index (χ1) is 11.2. The third-order valence-electron chi connectivity index (χ3n) is 3.75. The highest BCUT2D eigenvalue weighted by atomic mass is 32.1. The average Bonchev–Trinajstić information content (AvgIpc) is 2.94. The van der Waals surface area contributed by atoms with Crippen LogP contribution < -0.4 is 4.80 Å². The van der Waals surface area contributed by atoms with Crippen molar-refractivity contribution < 1.29 is 0 Å². The van der Waals surface area contributed by atoms with Crippen molar-refractivity contribution in [2.24, 2.45) is 4.99 Å². The van der Waals surface area contributed by atoms with E-state index in [1.54, 1.807) is 11.3 Å². The van der Waals surface area contributed by atoms with Gasteiger partial charge in [-0.2, -0.15) is 0 Å². The number of aromatic nitrogens is 1. The van der Waals surface area contributed by atoms with Crippen LogP contribution in [0.5, 0.6) is 0 Å². The fourth-order valence-corrected chi connectivity index (χ4v) is 3.53. The van der Waals surface area contributed by atoms with E-state index in [4.69, 9.17) is 4.99 Å². The minimum atomic E-state index is 0.747. The normalized spacial score (nSPS) is 11.7. The maximum absolute atomic E-state index is 4.88. The molecule has 0 bridgehead atoms. The first-order valence-electron chi connectivity index (χ1n) is 7.65. The zero-order valence-corrected chi connectivity index (χ0v) is 14.3. The lowest BCUT2D eigenvalue weighted by molar-refractivity contribution is 0.800. The maximum atomic E-state index is 4.88. The third kappa shape index (κ3) is 3.35. The van der Waals surface area contributed by atoms with Crippen molar-refractivity contribution in [3.05, 3.63) is 82.5 Å². The predicted molar refractivity (Wildman–Crippen MR) is 99.1 cm³/mol. The molecule has 1 aromatic heterocycles. The SMILES string of the molecule is C=CCn1c(-c2ccccc2)csc1=Nc1ccc(C)cc1C. The second-order valence-electron chi connectivity index (χ2n) is 5.57. The Bertz CT molecular complexity index is 886. The van der Waals surface area contributed by atoms with E-state index in [-0.39, 0.29) is 0 Å². The molecule has 0 radical (unpaired) electrons. The number of hydrogen-bond acceptors (Lipinski definition) is 2. The lowest BCUT2D eigenvalue weighted by atomic mass is 10.1. The summed E-state index contributed by atoms with van der Waals surface area (Å²) in [6.45, 7) is 8.85. The molecule has 0 saturated carbocycles. The molecule has 0 aliphatic carbocycles. The zero-order valence-electron chi connectivity index (χ0n) is 13.5. The summed E-state index contributed by atoms with van der Waals surface area (Å²) >= 11 is 1.67. The van der Waals surface area contributed by atoms with E-state index in [1.807, 2.05) is 12.1 Å². The van der Waals surface area contributed by atoms with Crippen LogP contribution in [0.4, 0.5) is 5.69 Å². The van der Waals surface area contributed by atoms with E-state index >= 15 is 0 Å². The van der Waals surface area contributed by atoms with Crippen molar-refractivity contribution >= 4 is 17.0 Å². The molecule has 0 unspecified atom stereocenters. The van der Waals surface area contributed by atoms with Gasteiger partial charge in [-0.15, -0.1) is 17.9 Å². The summed E-state index contributed by atoms with van der Waals surface area (Å²) in [7, 11) is 0. The van der Waals surface area contributed by atoms with Crippen molar-refractivity contribution in [1.82, 2.24) is 4.57 Å². The van der Waals surface area contributed by atoms with Crippen LogP contribution in [-0.4, -0.2) is 4.57 Å². The molecule has 2 aromatic carbocycles. The van der Waals surface area contributed by atoms with Crippen LogP contribution in [0, 0.1) is 13.8 Å². The van der Waals surface area contributed by atoms with Crippen molar-refractivity contribution in [2.45, 2.75) is 20.4 Å². The molecule has 116 valence electrons. The van der Waals surface area contributed by atoms with Crippen molar-refractivity contribution in [3.63, 3.8) is 0 Å². The first-order valence-corrected chi connectivity index (χ1v) is 8.53. The molecule has 0 saturated heterocycles. The van der Waals surface area contributed by atoms with Gasteiger partial charge in [0.15, 0.2) is 4.80 Å². The number of hydrogen-bond donors (Lipinski definition) is 0. The summed E-state index contributed by atoms with van der Waals surface area (Å²) in [4.78, 5) is 5.88. The number of allylic oxidation sites excluding steroid dienone is 1. The van der Waals surface area contributed by atoms with E-state index in [0.29, 0.717) is 0 Å². The van der Waals surface area contributed by atoms with Gasteiger partial charge in [-0.3, -0.25) is 0 Å². The number of thiazole rings is 1. The van der Waals surface area contributed by atoms with Crippen LogP contribution in [0.25, 0.3) is 11.3 Å². The van der Waals surface area contributed by atoms with Crippen molar-refractivity contribution in [1.29, 1.82) is 0 Å². The van der Waals surface area contributed by atoms with E-state index in [0.717, 1.165) is 17.0 Å². The Labute approximate surface area is 141 Å². The highest BCUT2D eigenvalue weighted by Gasteiger charge is 2.07. The van der Waals surface area contributed by atoms with Crippen LogP contribution >= 0.6 is 11.3 Å². The summed E-state index contributed by atoms with van der Waals surface area (Å²) in [6.07, 6.45) is 1.92. The summed E-state index contributed by atoms with van der Waals surface area (Å²) in [5.41, 5.74) is 5.86. The van der Waals surface area contributed by atoms with Gasteiger partial charge in [-0.1, -0.05) is 54.1 Å². The maximum Gasteiger partial charge on any atom is 0.190 e. The molecule has 0 aliphatic heterocycles. The highest BCUT2D eigenvalue weighted by molar-refractivity contribution is 7.07. The molecule has 2 nitrogen and oxygen atoms in total. The summed E-state index contributed by atoms with van der Waals surface area (Å²) in [5.74, 6) is 0. The second-order valence-corrected chi connectivity index (χ2v) is 6.41. The monoisotopic (exact) mass is 320 g/mol.